The first-order valence-electron chi connectivity index (χ1n) is 8.24. The zero-order valence-corrected chi connectivity index (χ0v) is 15.6. The normalized spacial score (nSPS) is 10.6. The number of nitro benzene ring substituents is 2. The molecule has 27 heavy (non-hydrogen) atoms. The topological polar surface area (TPSA) is 122 Å². The average molecular weight is 374 g/mol. The minimum atomic E-state index is -0.685. The monoisotopic (exact) mass is 374 g/mol. The van der Waals surface area contributed by atoms with E-state index in [0.717, 1.165) is 16.8 Å². The molecule has 0 aliphatic heterocycles. The second-order valence-corrected chi connectivity index (χ2v) is 6.43. The standard InChI is InChI=1S/C18H22N4O5/c1-11-7-15(20(3)4)6-5-13(11)9-19-17-16(21(24)25)8-14(10-23)12(2)18(17)22(26)27/h5-8,19,23H,9-10H2,1-4H3. The number of rotatable bonds is 7. The number of nitrogens with zero attached hydrogens (tertiary/aromatic N) is 3. The van der Waals surface area contributed by atoms with Crippen LogP contribution in [-0.4, -0.2) is 29.0 Å². The lowest BCUT2D eigenvalue weighted by molar-refractivity contribution is -0.392. The SMILES string of the molecule is Cc1cc(N(C)C)ccc1CNc1c([N+](=O)[O-])cc(CO)c(C)c1[N+](=O)[O-]. The summed E-state index contributed by atoms with van der Waals surface area (Å²) in [5.41, 5.74) is 2.22. The third-order valence-electron chi connectivity index (χ3n) is 4.49. The molecule has 0 aromatic heterocycles. The molecule has 0 amide bonds. The van der Waals surface area contributed by atoms with Crippen LogP contribution < -0.4 is 10.2 Å². The van der Waals surface area contributed by atoms with Crippen molar-refractivity contribution in [2.24, 2.45) is 0 Å². The van der Waals surface area contributed by atoms with E-state index in [2.05, 4.69) is 5.32 Å². The summed E-state index contributed by atoms with van der Waals surface area (Å²) in [6, 6.07) is 6.93. The summed E-state index contributed by atoms with van der Waals surface area (Å²) in [6.07, 6.45) is 0. The first-order valence-corrected chi connectivity index (χ1v) is 8.24. The van der Waals surface area contributed by atoms with Gasteiger partial charge in [0, 0.05) is 38.0 Å². The second kappa shape index (κ2) is 8.00. The van der Waals surface area contributed by atoms with Crippen molar-refractivity contribution in [2.75, 3.05) is 24.3 Å². The summed E-state index contributed by atoms with van der Waals surface area (Å²) in [4.78, 5) is 23.6. The second-order valence-electron chi connectivity index (χ2n) is 6.43. The van der Waals surface area contributed by atoms with Gasteiger partial charge in [0.05, 0.1) is 16.5 Å². The third kappa shape index (κ3) is 4.14. The van der Waals surface area contributed by atoms with Gasteiger partial charge in [-0.1, -0.05) is 6.07 Å². The Labute approximate surface area is 156 Å². The van der Waals surface area contributed by atoms with Crippen LogP contribution in [0, 0.1) is 34.1 Å². The fourth-order valence-electron chi connectivity index (χ4n) is 2.86. The summed E-state index contributed by atoms with van der Waals surface area (Å²) in [7, 11) is 3.84. The Morgan fingerprint density at radius 1 is 1.07 bits per heavy atom. The summed E-state index contributed by atoms with van der Waals surface area (Å²) in [6.45, 7) is 3.06. The van der Waals surface area contributed by atoms with Crippen LogP contribution in [0.1, 0.15) is 22.3 Å². The van der Waals surface area contributed by atoms with Crippen molar-refractivity contribution < 1.29 is 15.0 Å². The summed E-state index contributed by atoms with van der Waals surface area (Å²) in [5.74, 6) is 0. The quantitative estimate of drug-likeness (QED) is 0.563. The van der Waals surface area contributed by atoms with E-state index in [9.17, 15) is 25.3 Å². The van der Waals surface area contributed by atoms with Gasteiger partial charge in [0.25, 0.3) is 5.69 Å². The van der Waals surface area contributed by atoms with Gasteiger partial charge >= 0.3 is 5.69 Å². The van der Waals surface area contributed by atoms with Crippen molar-refractivity contribution in [1.82, 2.24) is 0 Å². The van der Waals surface area contributed by atoms with E-state index >= 15 is 0 Å². The maximum absolute atomic E-state index is 11.5. The van der Waals surface area contributed by atoms with Gasteiger partial charge in [-0.2, -0.15) is 0 Å². The minimum absolute atomic E-state index is 0.157. The van der Waals surface area contributed by atoms with E-state index in [1.165, 1.54) is 13.0 Å². The third-order valence-corrected chi connectivity index (χ3v) is 4.49. The molecular formula is C18H22N4O5. The molecule has 0 aliphatic rings. The van der Waals surface area contributed by atoms with Crippen LogP contribution in [0.3, 0.4) is 0 Å². The summed E-state index contributed by atoms with van der Waals surface area (Å²) in [5, 5.41) is 35.2. The predicted octanol–water partition coefficient (Wildman–Crippen LogP) is 3.29. The van der Waals surface area contributed by atoms with Crippen molar-refractivity contribution in [2.45, 2.75) is 27.0 Å². The molecule has 0 unspecified atom stereocenters. The van der Waals surface area contributed by atoms with Crippen LogP contribution in [0.4, 0.5) is 22.7 Å². The van der Waals surface area contributed by atoms with Gasteiger partial charge in [-0.05, 0) is 42.7 Å². The number of aliphatic hydroxyl groups excluding tert-OH is 1. The van der Waals surface area contributed by atoms with Crippen LogP contribution in [0.5, 0.6) is 0 Å². The fraction of sp³-hybridized carbons (Fsp3) is 0.333. The Bertz CT molecular complexity index is 896. The molecule has 0 aliphatic carbocycles. The Hall–Kier alpha value is -3.20. The smallest absolute Gasteiger partial charge is 0.302 e. The van der Waals surface area contributed by atoms with Gasteiger partial charge in [-0.25, -0.2) is 0 Å². The van der Waals surface area contributed by atoms with E-state index < -0.39 is 27.8 Å². The lowest BCUT2D eigenvalue weighted by atomic mass is 10.0. The van der Waals surface area contributed by atoms with Crippen molar-refractivity contribution in [3.8, 4) is 0 Å². The molecule has 2 aromatic carbocycles. The number of benzene rings is 2. The zero-order chi connectivity index (χ0) is 20.3. The van der Waals surface area contributed by atoms with Crippen molar-refractivity contribution >= 4 is 22.7 Å². The van der Waals surface area contributed by atoms with Gasteiger partial charge in [-0.3, -0.25) is 20.2 Å². The Morgan fingerprint density at radius 3 is 2.22 bits per heavy atom. The molecule has 0 saturated heterocycles. The molecular weight excluding hydrogens is 352 g/mol. The van der Waals surface area contributed by atoms with E-state index in [1.54, 1.807) is 0 Å². The molecule has 0 atom stereocenters. The van der Waals surface area contributed by atoms with Crippen LogP contribution in [0.2, 0.25) is 0 Å². The van der Waals surface area contributed by atoms with Crippen LogP contribution in [0.25, 0.3) is 0 Å². The van der Waals surface area contributed by atoms with E-state index in [4.69, 9.17) is 0 Å². The summed E-state index contributed by atoms with van der Waals surface area (Å²) < 4.78 is 0. The van der Waals surface area contributed by atoms with Crippen molar-refractivity contribution in [3.05, 3.63) is 66.7 Å². The highest BCUT2D eigenvalue weighted by atomic mass is 16.6. The molecule has 0 bridgehead atoms. The summed E-state index contributed by atoms with van der Waals surface area (Å²) >= 11 is 0. The molecule has 0 heterocycles. The van der Waals surface area contributed by atoms with E-state index in [1.807, 2.05) is 44.1 Å². The van der Waals surface area contributed by atoms with E-state index in [0.29, 0.717) is 0 Å². The lowest BCUT2D eigenvalue weighted by Gasteiger charge is -2.16. The first kappa shape index (κ1) is 20.1. The number of aryl methyl sites for hydroxylation is 1. The van der Waals surface area contributed by atoms with Gasteiger partial charge < -0.3 is 15.3 Å². The number of aliphatic hydroxyl groups is 1. The van der Waals surface area contributed by atoms with Gasteiger partial charge in [0.1, 0.15) is 0 Å². The molecule has 2 N–H and O–H groups in total. The van der Waals surface area contributed by atoms with Gasteiger partial charge in [-0.15, -0.1) is 0 Å². The molecule has 2 rings (SSSR count). The average Bonchev–Trinajstić information content (AvgIpc) is 2.59. The predicted molar refractivity (Wildman–Crippen MR) is 103 cm³/mol. The van der Waals surface area contributed by atoms with Crippen LogP contribution in [0.15, 0.2) is 24.3 Å². The highest BCUT2D eigenvalue weighted by Crippen LogP contribution is 2.39. The number of nitrogens with one attached hydrogen (secondary N) is 1. The number of hydrogen-bond acceptors (Lipinski definition) is 7. The zero-order valence-electron chi connectivity index (χ0n) is 15.6. The molecule has 2 aromatic rings. The van der Waals surface area contributed by atoms with Gasteiger partial charge in [0.15, 0.2) is 5.69 Å². The van der Waals surface area contributed by atoms with Crippen LogP contribution >= 0.6 is 0 Å². The molecule has 0 saturated carbocycles. The van der Waals surface area contributed by atoms with Gasteiger partial charge in [0.2, 0.25) is 0 Å². The lowest BCUT2D eigenvalue weighted by Crippen LogP contribution is -2.11. The van der Waals surface area contributed by atoms with E-state index in [-0.39, 0.29) is 23.4 Å². The molecule has 9 nitrogen and oxygen atoms in total. The number of hydrogen-bond donors (Lipinski definition) is 2. The minimum Gasteiger partial charge on any atom is -0.392 e. The largest absolute Gasteiger partial charge is 0.392 e. The Kier molecular flexibility index (Phi) is 5.96. The molecule has 0 fully saturated rings. The molecule has 0 spiro atoms. The number of anilines is 2. The first-order chi connectivity index (χ1) is 12.7. The Morgan fingerprint density at radius 2 is 1.74 bits per heavy atom. The van der Waals surface area contributed by atoms with Crippen molar-refractivity contribution in [1.29, 1.82) is 0 Å². The molecule has 144 valence electrons. The maximum atomic E-state index is 11.5. The Balaban J connectivity index is 2.48. The molecule has 0 radical (unpaired) electrons. The van der Waals surface area contributed by atoms with Crippen molar-refractivity contribution in [3.63, 3.8) is 0 Å². The van der Waals surface area contributed by atoms with Crippen LogP contribution in [-0.2, 0) is 13.2 Å². The highest BCUT2D eigenvalue weighted by molar-refractivity contribution is 5.77. The number of nitro groups is 2. The highest BCUT2D eigenvalue weighted by Gasteiger charge is 2.30. The molecule has 9 heteroatoms. The fourth-order valence-corrected chi connectivity index (χ4v) is 2.86. The maximum Gasteiger partial charge on any atom is 0.302 e.